The molecule has 0 saturated heterocycles. The van der Waals surface area contributed by atoms with E-state index in [0.717, 1.165) is 26.1 Å². The molecule has 0 saturated carbocycles. The maximum atomic E-state index is 10.3. The van der Waals surface area contributed by atoms with E-state index < -0.39 is 4.92 Å². The van der Waals surface area contributed by atoms with Crippen molar-refractivity contribution in [3.05, 3.63) is 64.2 Å². The van der Waals surface area contributed by atoms with Crippen LogP contribution in [-0.2, 0) is 38.8 Å². The molecule has 1 N–H and O–H groups in total. The van der Waals surface area contributed by atoms with Crippen LogP contribution in [0.5, 0.6) is 0 Å². The quantitative estimate of drug-likeness (QED) is 0.224. The molecule has 0 aromatic heterocycles. The molecule has 2 aromatic carbocycles. The molecule has 2 rings (SSSR count). The second-order valence-electron chi connectivity index (χ2n) is 4.20. The van der Waals surface area contributed by atoms with Crippen LogP contribution in [0.1, 0.15) is 5.56 Å². The summed E-state index contributed by atoms with van der Waals surface area (Å²) in [5, 5.41) is 13.0. The minimum Gasteiger partial charge on any atom is -0.411 e. The summed E-state index contributed by atoms with van der Waals surface area (Å²) in [6.07, 6.45) is 0. The van der Waals surface area contributed by atoms with Gasteiger partial charge in [0.25, 0.3) is 5.69 Å². The number of hydrogen-bond acceptors (Lipinski definition) is 4. The van der Waals surface area contributed by atoms with Gasteiger partial charge < -0.3 is 30.2 Å². The number of nitrogens with one attached hydrogen (secondary N) is 1. The Bertz CT molecular complexity index is 595. The van der Waals surface area contributed by atoms with E-state index in [9.17, 15) is 10.1 Å². The Balaban J connectivity index is 0.000000235. The number of thiocarbonyl (C=S) groups is 1. The maximum Gasteiger partial charge on any atom is 0.269 e. The fraction of sp³-hybridized carbons (Fsp3) is 0.0714. The third-order valence-electron chi connectivity index (χ3n) is 2.45. The normalized spacial score (nSPS) is 9.29. The maximum absolute atomic E-state index is 10.3. The predicted molar refractivity (Wildman–Crippen MR) is 87.5 cm³/mol. The zero-order valence-electron chi connectivity index (χ0n) is 11.4. The van der Waals surface area contributed by atoms with Crippen LogP contribution in [0, 0.1) is 17.0 Å². The van der Waals surface area contributed by atoms with Gasteiger partial charge >= 0.3 is 65.9 Å². The summed E-state index contributed by atoms with van der Waals surface area (Å²) in [6.45, 7) is 2.12. The molecule has 0 radical (unpaired) electrons. The van der Waals surface area contributed by atoms with Gasteiger partial charge in [-0.25, -0.2) is 0 Å². The van der Waals surface area contributed by atoms with Crippen molar-refractivity contribution in [3.8, 4) is 0 Å². The molecule has 4 nitrogen and oxygen atoms in total. The van der Waals surface area contributed by atoms with Crippen molar-refractivity contribution in [2.24, 2.45) is 0 Å². The Morgan fingerprint density at radius 3 is 2.10 bits per heavy atom. The molecular weight excluding hydrogens is 493 g/mol. The number of nitro benzene ring substituents is 1. The van der Waals surface area contributed by atoms with E-state index in [0.29, 0.717) is 5.69 Å². The van der Waals surface area contributed by atoms with Gasteiger partial charge in [-0.2, -0.15) is 0 Å². The van der Waals surface area contributed by atoms with Crippen LogP contribution in [0.25, 0.3) is 0 Å². The van der Waals surface area contributed by atoms with Gasteiger partial charge in [0.05, 0.1) is 4.92 Å². The smallest absolute Gasteiger partial charge is 0.269 e. The third kappa shape index (κ3) is 7.45. The molecular formula is C14H12HgN2O2S2. The molecule has 0 atom stereocenters. The summed E-state index contributed by atoms with van der Waals surface area (Å²) in [4.78, 5) is 9.81. The molecule has 2 aromatic rings. The minimum absolute atomic E-state index is 0.0424. The first-order valence-electron chi connectivity index (χ1n) is 5.99. The van der Waals surface area contributed by atoms with Crippen molar-refractivity contribution in [3.63, 3.8) is 0 Å². The predicted octanol–water partition coefficient (Wildman–Crippen LogP) is 3.01. The van der Waals surface area contributed by atoms with E-state index in [1.807, 2.05) is 0 Å². The van der Waals surface area contributed by atoms with Crippen LogP contribution in [0.15, 0.2) is 48.5 Å². The number of nitro groups is 1. The zero-order valence-corrected chi connectivity index (χ0v) is 18.5. The van der Waals surface area contributed by atoms with Gasteiger partial charge in [0.2, 0.25) is 0 Å². The summed E-state index contributed by atoms with van der Waals surface area (Å²) >= 11 is 10.1. The number of anilines is 1. The summed E-state index contributed by atoms with van der Waals surface area (Å²) in [5.74, 6) is 0. The van der Waals surface area contributed by atoms with E-state index >= 15 is 0 Å². The molecule has 0 spiro atoms. The van der Waals surface area contributed by atoms with E-state index in [4.69, 9.17) is 0 Å². The van der Waals surface area contributed by atoms with Crippen LogP contribution < -0.4 is 8.39 Å². The molecule has 7 heteroatoms. The van der Waals surface area contributed by atoms with Crippen LogP contribution in [0.2, 0.25) is 0 Å². The van der Waals surface area contributed by atoms with Gasteiger partial charge in [-0.1, -0.05) is 4.32 Å². The number of non-ortho nitro benzene ring substituents is 1. The summed E-state index contributed by atoms with van der Waals surface area (Å²) in [5.41, 5.74) is 2.06. The molecule has 0 aliphatic carbocycles. The van der Waals surface area contributed by atoms with Gasteiger partial charge in [-0.15, -0.1) is 0 Å². The summed E-state index contributed by atoms with van der Waals surface area (Å²) in [6, 6.07) is 14.6. The van der Waals surface area contributed by atoms with Crippen molar-refractivity contribution in [1.82, 2.24) is 0 Å². The Hall–Kier alpha value is -1.11. The van der Waals surface area contributed by atoms with Gasteiger partial charge in [-0.05, 0) is 12.1 Å². The molecule has 104 valence electrons. The SMILES string of the molecule is Cc1cc[c]([Hg+])cc1.O=[N+]([O-])c1ccc(NC(=S)[S-])cc1. The van der Waals surface area contributed by atoms with Gasteiger partial charge in [0, 0.05) is 17.8 Å². The van der Waals surface area contributed by atoms with Gasteiger partial charge in [-0.3, -0.25) is 10.1 Å². The van der Waals surface area contributed by atoms with Crippen molar-refractivity contribution in [2.75, 3.05) is 5.32 Å². The van der Waals surface area contributed by atoms with Crippen LogP contribution >= 0.6 is 12.2 Å². The fourth-order valence-corrected chi connectivity index (χ4v) is 2.52. The van der Waals surface area contributed by atoms with Crippen LogP contribution in [-0.4, -0.2) is 9.24 Å². The molecule has 0 fully saturated rings. The molecule has 0 aliphatic rings. The van der Waals surface area contributed by atoms with Crippen molar-refractivity contribution in [1.29, 1.82) is 0 Å². The Morgan fingerprint density at radius 1 is 1.19 bits per heavy atom. The first-order valence-corrected chi connectivity index (χ1v) is 9.56. The number of nitrogens with zero attached hydrogens (tertiary/aromatic N) is 1. The van der Waals surface area contributed by atoms with E-state index in [1.165, 1.54) is 20.8 Å². The molecule has 0 aliphatic heterocycles. The van der Waals surface area contributed by atoms with E-state index in [2.05, 4.69) is 61.4 Å². The molecule has 0 bridgehead atoms. The third-order valence-corrected chi connectivity index (χ3v) is 4.48. The van der Waals surface area contributed by atoms with E-state index in [-0.39, 0.29) is 10.0 Å². The number of rotatable bonds is 2. The average Bonchev–Trinajstić information content (AvgIpc) is 2.43. The largest absolute Gasteiger partial charge is 0.411 e. The van der Waals surface area contributed by atoms with Gasteiger partial charge in [0.15, 0.2) is 0 Å². The number of hydrogen-bond donors (Lipinski definition) is 1. The molecule has 21 heavy (non-hydrogen) atoms. The molecule has 0 unspecified atom stereocenters. The second kappa shape index (κ2) is 9.02. The van der Waals surface area contributed by atoms with Crippen molar-refractivity contribution < 1.29 is 31.0 Å². The van der Waals surface area contributed by atoms with Crippen LogP contribution in [0.4, 0.5) is 11.4 Å². The molecule has 0 amide bonds. The minimum atomic E-state index is -0.463. The molecule has 0 heterocycles. The Kier molecular flexibility index (Phi) is 7.70. The second-order valence-corrected chi connectivity index (χ2v) is 8.45. The number of aryl methyl sites for hydroxylation is 1. The topological polar surface area (TPSA) is 55.2 Å². The van der Waals surface area contributed by atoms with Crippen molar-refractivity contribution >= 4 is 43.6 Å². The first-order chi connectivity index (χ1) is 9.88. The fourth-order valence-electron chi connectivity index (χ4n) is 1.37. The zero-order chi connectivity index (χ0) is 15.8. The van der Waals surface area contributed by atoms with E-state index in [1.54, 1.807) is 12.1 Å². The average molecular weight is 505 g/mol. The number of benzene rings is 2. The summed E-state index contributed by atoms with van der Waals surface area (Å²) in [7, 11) is 0. The standard InChI is InChI=1S/C7H6N2O2S2.C7H7.Hg/c10-9(11)6-3-1-5(2-4-6)8-7(12)13;1-7-5-3-2-4-6-7;/h1-4H,(H2,8,12,13);3-6H,1H3;/q;;+1/p-1. The first kappa shape index (κ1) is 17.9. The van der Waals surface area contributed by atoms with Crippen LogP contribution in [0.3, 0.4) is 0 Å². The Morgan fingerprint density at radius 2 is 1.71 bits per heavy atom. The Labute approximate surface area is 150 Å². The van der Waals surface area contributed by atoms with Crippen molar-refractivity contribution in [2.45, 2.75) is 6.92 Å². The van der Waals surface area contributed by atoms with Gasteiger partial charge in [0.1, 0.15) is 0 Å². The summed E-state index contributed by atoms with van der Waals surface area (Å²) < 4.78 is 1.74. The monoisotopic (exact) mass is 506 g/mol.